The van der Waals surface area contributed by atoms with Crippen molar-refractivity contribution in [1.82, 2.24) is 5.32 Å². The van der Waals surface area contributed by atoms with Crippen molar-refractivity contribution in [3.8, 4) is 0 Å². The Kier molecular flexibility index (Phi) is 9.12. The molecule has 2 atom stereocenters. The van der Waals surface area contributed by atoms with Gasteiger partial charge in [-0.25, -0.2) is 4.39 Å². The molecular weight excluding hydrogens is 277 g/mol. The van der Waals surface area contributed by atoms with Crippen molar-refractivity contribution in [2.45, 2.75) is 18.8 Å². The second-order valence-corrected chi connectivity index (χ2v) is 4.73. The van der Waals surface area contributed by atoms with Crippen molar-refractivity contribution in [2.75, 3.05) is 40.5 Å². The minimum absolute atomic E-state index is 0.0541. The zero-order valence-corrected chi connectivity index (χ0v) is 12.5. The number of methoxy groups -OCH3 is 2. The Hall–Kier alpha value is -1.05. The average molecular weight is 301 g/mol. The zero-order chi connectivity index (χ0) is 15.5. The molecule has 0 amide bonds. The summed E-state index contributed by atoms with van der Waals surface area (Å²) in [6, 6.07) is 6.43. The third kappa shape index (κ3) is 7.50. The standard InChI is InChI=1S/C15H24FNO4/c1-19-11-14(20-2)8-17-7-13(18)10-21-9-12-5-3-4-6-15(12)16/h3-6,13-14,17-18H,7-11H2,1-2H3. The third-order valence-electron chi connectivity index (χ3n) is 2.96. The Balaban J connectivity index is 2.14. The van der Waals surface area contributed by atoms with E-state index < -0.39 is 6.10 Å². The van der Waals surface area contributed by atoms with Crippen molar-refractivity contribution in [3.05, 3.63) is 35.6 Å². The summed E-state index contributed by atoms with van der Waals surface area (Å²) in [5.41, 5.74) is 0.484. The molecule has 2 unspecified atom stereocenters. The molecule has 0 radical (unpaired) electrons. The number of rotatable bonds is 11. The highest BCUT2D eigenvalue weighted by Crippen LogP contribution is 2.07. The lowest BCUT2D eigenvalue weighted by Gasteiger charge is -2.17. The van der Waals surface area contributed by atoms with Gasteiger partial charge in [0.25, 0.3) is 0 Å². The normalized spacial score (nSPS) is 14.1. The predicted octanol–water partition coefficient (Wildman–Crippen LogP) is 0.954. The van der Waals surface area contributed by atoms with Crippen LogP contribution in [0.5, 0.6) is 0 Å². The Morgan fingerprint density at radius 1 is 1.19 bits per heavy atom. The molecule has 6 heteroatoms. The SMILES string of the molecule is COCC(CNCC(O)COCc1ccccc1F)OC. The quantitative estimate of drug-likeness (QED) is 0.637. The van der Waals surface area contributed by atoms with Crippen molar-refractivity contribution < 1.29 is 23.7 Å². The molecule has 0 aliphatic heterocycles. The number of halogens is 1. The summed E-state index contributed by atoms with van der Waals surface area (Å²) in [7, 11) is 3.22. The van der Waals surface area contributed by atoms with Gasteiger partial charge in [-0.2, -0.15) is 0 Å². The number of hydrogen-bond acceptors (Lipinski definition) is 5. The summed E-state index contributed by atoms with van der Waals surface area (Å²) in [6.07, 6.45) is -0.710. The topological polar surface area (TPSA) is 60.0 Å². The van der Waals surface area contributed by atoms with Gasteiger partial charge in [0.1, 0.15) is 5.82 Å². The van der Waals surface area contributed by atoms with Gasteiger partial charge in [0.2, 0.25) is 0 Å². The van der Waals surface area contributed by atoms with Gasteiger partial charge in [-0.15, -0.1) is 0 Å². The fourth-order valence-corrected chi connectivity index (χ4v) is 1.79. The van der Waals surface area contributed by atoms with Crippen LogP contribution in [0.15, 0.2) is 24.3 Å². The van der Waals surface area contributed by atoms with E-state index in [1.165, 1.54) is 6.07 Å². The number of benzene rings is 1. The predicted molar refractivity (Wildman–Crippen MR) is 77.6 cm³/mol. The average Bonchev–Trinajstić information content (AvgIpc) is 2.48. The van der Waals surface area contributed by atoms with Gasteiger partial charge in [-0.05, 0) is 6.07 Å². The minimum Gasteiger partial charge on any atom is -0.389 e. The lowest BCUT2D eigenvalue weighted by molar-refractivity contribution is 0.0145. The second-order valence-electron chi connectivity index (χ2n) is 4.73. The highest BCUT2D eigenvalue weighted by molar-refractivity contribution is 5.16. The molecular formula is C15H24FNO4. The molecule has 0 heterocycles. The molecule has 0 fully saturated rings. The van der Waals surface area contributed by atoms with E-state index in [1.54, 1.807) is 32.4 Å². The first kappa shape index (κ1) is 18.0. The lowest BCUT2D eigenvalue weighted by Crippen LogP contribution is -2.37. The maximum Gasteiger partial charge on any atom is 0.128 e. The van der Waals surface area contributed by atoms with Crippen LogP contribution in [0.25, 0.3) is 0 Å². The van der Waals surface area contributed by atoms with Crippen LogP contribution < -0.4 is 5.32 Å². The summed E-state index contributed by atoms with van der Waals surface area (Å²) in [6.45, 7) is 1.73. The molecule has 1 aromatic carbocycles. The summed E-state index contributed by atoms with van der Waals surface area (Å²) < 4.78 is 28.8. The van der Waals surface area contributed by atoms with Crippen LogP contribution in [-0.2, 0) is 20.8 Å². The molecule has 0 bridgehead atoms. The highest BCUT2D eigenvalue weighted by Gasteiger charge is 2.09. The van der Waals surface area contributed by atoms with Gasteiger partial charge < -0.3 is 24.6 Å². The van der Waals surface area contributed by atoms with Gasteiger partial charge in [-0.1, -0.05) is 18.2 Å². The fraction of sp³-hybridized carbons (Fsp3) is 0.600. The van der Waals surface area contributed by atoms with E-state index in [0.717, 1.165) is 0 Å². The number of ether oxygens (including phenoxy) is 3. The first-order chi connectivity index (χ1) is 10.2. The lowest BCUT2D eigenvalue weighted by atomic mass is 10.2. The number of aliphatic hydroxyl groups excluding tert-OH is 1. The minimum atomic E-state index is -0.656. The maximum absolute atomic E-state index is 13.3. The van der Waals surface area contributed by atoms with Gasteiger partial charge in [0.15, 0.2) is 0 Å². The highest BCUT2D eigenvalue weighted by atomic mass is 19.1. The van der Waals surface area contributed by atoms with Crippen LogP contribution in [0.3, 0.4) is 0 Å². The molecule has 0 saturated heterocycles. The molecule has 1 aromatic rings. The number of hydrogen-bond donors (Lipinski definition) is 2. The third-order valence-corrected chi connectivity index (χ3v) is 2.96. The van der Waals surface area contributed by atoms with Crippen LogP contribution in [0.2, 0.25) is 0 Å². The molecule has 120 valence electrons. The fourth-order valence-electron chi connectivity index (χ4n) is 1.79. The monoisotopic (exact) mass is 301 g/mol. The van der Waals surface area contributed by atoms with Crippen molar-refractivity contribution in [2.24, 2.45) is 0 Å². The number of nitrogens with one attached hydrogen (secondary N) is 1. The summed E-state index contributed by atoms with van der Waals surface area (Å²) in [4.78, 5) is 0. The Morgan fingerprint density at radius 2 is 1.95 bits per heavy atom. The van der Waals surface area contributed by atoms with E-state index in [4.69, 9.17) is 14.2 Å². The Morgan fingerprint density at radius 3 is 2.62 bits per heavy atom. The molecule has 0 spiro atoms. The van der Waals surface area contributed by atoms with Crippen molar-refractivity contribution in [3.63, 3.8) is 0 Å². The van der Waals surface area contributed by atoms with E-state index in [1.807, 2.05) is 0 Å². The van der Waals surface area contributed by atoms with Gasteiger partial charge in [0, 0.05) is 32.9 Å². The van der Waals surface area contributed by atoms with Crippen molar-refractivity contribution >= 4 is 0 Å². The molecule has 5 nitrogen and oxygen atoms in total. The summed E-state index contributed by atoms with van der Waals surface area (Å²) in [5.74, 6) is -0.299. The van der Waals surface area contributed by atoms with E-state index >= 15 is 0 Å². The van der Waals surface area contributed by atoms with Crippen LogP contribution in [-0.4, -0.2) is 57.8 Å². The molecule has 2 N–H and O–H groups in total. The first-order valence-corrected chi connectivity index (χ1v) is 6.89. The first-order valence-electron chi connectivity index (χ1n) is 6.89. The molecule has 0 aromatic heterocycles. The second kappa shape index (κ2) is 10.6. The van der Waals surface area contributed by atoms with Crippen molar-refractivity contribution in [1.29, 1.82) is 0 Å². The maximum atomic E-state index is 13.3. The van der Waals surface area contributed by atoms with Gasteiger partial charge in [0.05, 0.1) is 32.0 Å². The van der Waals surface area contributed by atoms with E-state index in [9.17, 15) is 9.50 Å². The van der Waals surface area contributed by atoms with Crippen LogP contribution in [0.1, 0.15) is 5.56 Å². The molecule has 0 saturated carbocycles. The molecule has 21 heavy (non-hydrogen) atoms. The van der Waals surface area contributed by atoms with Crippen LogP contribution in [0, 0.1) is 5.82 Å². The zero-order valence-electron chi connectivity index (χ0n) is 12.5. The van der Waals surface area contributed by atoms with Gasteiger partial charge in [-0.3, -0.25) is 0 Å². The van der Waals surface area contributed by atoms with E-state index in [-0.39, 0.29) is 25.1 Å². The van der Waals surface area contributed by atoms with Crippen LogP contribution >= 0.6 is 0 Å². The van der Waals surface area contributed by atoms with Gasteiger partial charge >= 0.3 is 0 Å². The summed E-state index contributed by atoms with van der Waals surface area (Å²) >= 11 is 0. The number of aliphatic hydroxyl groups is 1. The Bertz CT molecular complexity index is 392. The van der Waals surface area contributed by atoms with E-state index in [0.29, 0.717) is 25.3 Å². The van der Waals surface area contributed by atoms with Crippen LogP contribution in [0.4, 0.5) is 4.39 Å². The molecule has 0 aliphatic carbocycles. The van der Waals surface area contributed by atoms with E-state index in [2.05, 4.69) is 5.32 Å². The molecule has 0 aliphatic rings. The molecule has 1 rings (SSSR count). The summed E-state index contributed by atoms with van der Waals surface area (Å²) in [5, 5.41) is 12.8. The largest absolute Gasteiger partial charge is 0.389 e. The smallest absolute Gasteiger partial charge is 0.128 e. The Labute approximate surface area is 125 Å².